The molecule has 1 aliphatic heterocycles. The van der Waals surface area contributed by atoms with E-state index in [1.165, 1.54) is 0 Å². The Hall–Kier alpha value is -1.42. The van der Waals surface area contributed by atoms with Crippen molar-refractivity contribution in [3.63, 3.8) is 0 Å². The quantitative estimate of drug-likeness (QED) is 0.748. The maximum Gasteiger partial charge on any atom is 0.151 e. The van der Waals surface area contributed by atoms with Gasteiger partial charge in [-0.15, -0.1) is 0 Å². The molecule has 0 spiro atoms. The predicted octanol–water partition coefficient (Wildman–Crippen LogP) is 1.82. The van der Waals surface area contributed by atoms with Gasteiger partial charge in [0, 0.05) is 25.4 Å². The van der Waals surface area contributed by atoms with Gasteiger partial charge in [-0.05, 0) is 31.9 Å². The van der Waals surface area contributed by atoms with E-state index in [0.29, 0.717) is 11.6 Å². The third kappa shape index (κ3) is 2.31. The van der Waals surface area contributed by atoms with Crippen molar-refractivity contribution in [1.82, 2.24) is 4.98 Å². The minimum absolute atomic E-state index is 0.229. The fourth-order valence-electron chi connectivity index (χ4n) is 2.41. The zero-order chi connectivity index (χ0) is 12.4. The lowest BCUT2D eigenvalue weighted by Gasteiger charge is -2.28. The number of aromatic nitrogens is 1. The van der Waals surface area contributed by atoms with Crippen molar-refractivity contribution < 1.29 is 9.53 Å². The van der Waals surface area contributed by atoms with Crippen molar-refractivity contribution in [3.8, 4) is 0 Å². The predicted molar refractivity (Wildman–Crippen MR) is 66.6 cm³/mol. The van der Waals surface area contributed by atoms with E-state index in [9.17, 15) is 4.79 Å². The zero-order valence-corrected chi connectivity index (χ0v) is 10.5. The lowest BCUT2D eigenvalue weighted by atomic mass is 10.1. The molecular formula is C13H18N2O2. The summed E-state index contributed by atoms with van der Waals surface area (Å²) < 4.78 is 5.57. The van der Waals surface area contributed by atoms with Crippen LogP contribution < -0.4 is 4.90 Å². The second kappa shape index (κ2) is 4.84. The SMILES string of the molecule is Cc1cc(C=O)cnc1N(C)C1CCOC1C. The van der Waals surface area contributed by atoms with Gasteiger partial charge in [0.1, 0.15) is 5.82 Å². The van der Waals surface area contributed by atoms with Crippen LogP contribution in [0.5, 0.6) is 0 Å². The third-order valence-corrected chi connectivity index (χ3v) is 3.38. The van der Waals surface area contributed by atoms with Gasteiger partial charge in [0.15, 0.2) is 6.29 Å². The number of aldehydes is 1. The highest BCUT2D eigenvalue weighted by Crippen LogP contribution is 2.25. The van der Waals surface area contributed by atoms with Crippen LogP contribution in [0.4, 0.5) is 5.82 Å². The van der Waals surface area contributed by atoms with Crippen LogP contribution in [-0.4, -0.2) is 37.1 Å². The van der Waals surface area contributed by atoms with E-state index in [0.717, 1.165) is 30.7 Å². The number of ether oxygens (including phenoxy) is 1. The van der Waals surface area contributed by atoms with Crippen molar-refractivity contribution >= 4 is 12.1 Å². The number of hydrogen-bond donors (Lipinski definition) is 0. The number of carbonyl (C=O) groups excluding carboxylic acids is 1. The van der Waals surface area contributed by atoms with Gasteiger partial charge in [0.2, 0.25) is 0 Å². The number of aryl methyl sites for hydroxylation is 1. The molecule has 1 aromatic heterocycles. The van der Waals surface area contributed by atoms with Crippen LogP contribution in [0.15, 0.2) is 12.3 Å². The summed E-state index contributed by atoms with van der Waals surface area (Å²) in [5.74, 6) is 0.929. The summed E-state index contributed by atoms with van der Waals surface area (Å²) in [6.07, 6.45) is 3.69. The largest absolute Gasteiger partial charge is 0.376 e. The van der Waals surface area contributed by atoms with Crippen LogP contribution in [0.1, 0.15) is 29.3 Å². The zero-order valence-electron chi connectivity index (χ0n) is 10.5. The molecule has 0 aromatic carbocycles. The lowest BCUT2D eigenvalue weighted by molar-refractivity contribution is 0.112. The van der Waals surface area contributed by atoms with Crippen LogP contribution in [0.25, 0.3) is 0 Å². The topological polar surface area (TPSA) is 42.4 Å². The van der Waals surface area contributed by atoms with E-state index < -0.39 is 0 Å². The number of nitrogens with zero attached hydrogens (tertiary/aromatic N) is 2. The number of hydrogen-bond acceptors (Lipinski definition) is 4. The lowest BCUT2D eigenvalue weighted by Crippen LogP contribution is -2.37. The van der Waals surface area contributed by atoms with E-state index in [1.54, 1.807) is 6.20 Å². The summed E-state index contributed by atoms with van der Waals surface area (Å²) in [5.41, 5.74) is 1.64. The molecule has 1 saturated heterocycles. The van der Waals surface area contributed by atoms with Crippen LogP contribution in [0, 0.1) is 6.92 Å². The number of carbonyl (C=O) groups is 1. The van der Waals surface area contributed by atoms with E-state index in [1.807, 2.05) is 20.0 Å². The normalized spacial score (nSPS) is 23.7. The van der Waals surface area contributed by atoms with Gasteiger partial charge in [0.25, 0.3) is 0 Å². The Morgan fingerprint density at radius 2 is 2.35 bits per heavy atom. The first-order chi connectivity index (χ1) is 8.13. The second-order valence-corrected chi connectivity index (χ2v) is 4.57. The van der Waals surface area contributed by atoms with Crippen molar-refractivity contribution in [2.45, 2.75) is 32.4 Å². The summed E-state index contributed by atoms with van der Waals surface area (Å²) in [4.78, 5) is 17.2. The molecule has 1 aliphatic rings. The number of pyridine rings is 1. The summed E-state index contributed by atoms with van der Waals surface area (Å²) in [5, 5.41) is 0. The minimum atomic E-state index is 0.229. The van der Waals surface area contributed by atoms with Crippen LogP contribution >= 0.6 is 0 Å². The maximum atomic E-state index is 10.7. The molecule has 2 atom stereocenters. The fourth-order valence-corrected chi connectivity index (χ4v) is 2.41. The van der Waals surface area contributed by atoms with Gasteiger partial charge in [-0.1, -0.05) is 0 Å². The molecule has 0 N–H and O–H groups in total. The molecule has 2 heterocycles. The first kappa shape index (κ1) is 12.0. The minimum Gasteiger partial charge on any atom is -0.376 e. The fraction of sp³-hybridized carbons (Fsp3) is 0.538. The molecule has 2 rings (SSSR count). The number of likely N-dealkylation sites (N-methyl/N-ethyl adjacent to an activating group) is 1. The standard InChI is InChI=1S/C13H18N2O2/c1-9-6-11(8-16)7-14-13(9)15(3)12-4-5-17-10(12)2/h6-8,10,12H,4-5H2,1-3H3. The number of anilines is 1. The third-order valence-electron chi connectivity index (χ3n) is 3.38. The molecule has 0 aliphatic carbocycles. The van der Waals surface area contributed by atoms with Gasteiger partial charge in [-0.25, -0.2) is 4.98 Å². The van der Waals surface area contributed by atoms with Crippen molar-refractivity contribution in [2.75, 3.05) is 18.6 Å². The van der Waals surface area contributed by atoms with Crippen molar-refractivity contribution in [1.29, 1.82) is 0 Å². The number of rotatable bonds is 3. The van der Waals surface area contributed by atoms with E-state index in [-0.39, 0.29) is 6.10 Å². The molecule has 0 radical (unpaired) electrons. The summed E-state index contributed by atoms with van der Waals surface area (Å²) in [7, 11) is 2.03. The highest BCUT2D eigenvalue weighted by atomic mass is 16.5. The Labute approximate surface area is 102 Å². The van der Waals surface area contributed by atoms with Crippen LogP contribution in [0.2, 0.25) is 0 Å². The summed E-state index contributed by atoms with van der Waals surface area (Å²) in [6, 6.07) is 2.23. The first-order valence-corrected chi connectivity index (χ1v) is 5.89. The molecule has 1 aromatic rings. The molecule has 2 unspecified atom stereocenters. The van der Waals surface area contributed by atoms with Gasteiger partial charge in [0.05, 0.1) is 12.1 Å². The van der Waals surface area contributed by atoms with Gasteiger partial charge in [-0.3, -0.25) is 4.79 Å². The molecule has 4 nitrogen and oxygen atoms in total. The Morgan fingerprint density at radius 1 is 1.59 bits per heavy atom. The average molecular weight is 234 g/mol. The van der Waals surface area contributed by atoms with E-state index in [2.05, 4.69) is 16.8 Å². The highest BCUT2D eigenvalue weighted by molar-refractivity contribution is 5.75. The molecule has 0 bridgehead atoms. The van der Waals surface area contributed by atoms with E-state index in [4.69, 9.17) is 4.74 Å². The highest BCUT2D eigenvalue weighted by Gasteiger charge is 2.29. The van der Waals surface area contributed by atoms with Crippen LogP contribution in [-0.2, 0) is 4.74 Å². The Balaban J connectivity index is 2.24. The van der Waals surface area contributed by atoms with Gasteiger partial charge in [-0.2, -0.15) is 0 Å². The van der Waals surface area contributed by atoms with Crippen molar-refractivity contribution in [2.24, 2.45) is 0 Å². The maximum absolute atomic E-state index is 10.7. The molecule has 92 valence electrons. The second-order valence-electron chi connectivity index (χ2n) is 4.57. The van der Waals surface area contributed by atoms with Crippen molar-refractivity contribution in [3.05, 3.63) is 23.4 Å². The molecule has 0 saturated carbocycles. The Bertz CT molecular complexity index is 420. The molecule has 0 amide bonds. The smallest absolute Gasteiger partial charge is 0.151 e. The molecule has 1 fully saturated rings. The van der Waals surface area contributed by atoms with Crippen LogP contribution in [0.3, 0.4) is 0 Å². The first-order valence-electron chi connectivity index (χ1n) is 5.89. The Morgan fingerprint density at radius 3 is 2.88 bits per heavy atom. The summed E-state index contributed by atoms with van der Waals surface area (Å²) >= 11 is 0. The van der Waals surface area contributed by atoms with Gasteiger partial charge >= 0.3 is 0 Å². The Kier molecular flexibility index (Phi) is 3.43. The molecular weight excluding hydrogens is 216 g/mol. The van der Waals surface area contributed by atoms with E-state index >= 15 is 0 Å². The monoisotopic (exact) mass is 234 g/mol. The molecule has 17 heavy (non-hydrogen) atoms. The molecule has 4 heteroatoms. The average Bonchev–Trinajstić information content (AvgIpc) is 2.74. The summed E-state index contributed by atoms with van der Waals surface area (Å²) in [6.45, 7) is 4.87. The van der Waals surface area contributed by atoms with Gasteiger partial charge < -0.3 is 9.64 Å².